The molecule has 0 spiro atoms. The van der Waals surface area contributed by atoms with E-state index in [0.717, 1.165) is 0 Å². The van der Waals surface area contributed by atoms with E-state index in [1.165, 1.54) is 0 Å². The Labute approximate surface area is 74.2 Å². The van der Waals surface area contributed by atoms with Gasteiger partial charge in [-0.3, -0.25) is 0 Å². The van der Waals surface area contributed by atoms with Gasteiger partial charge in [0.2, 0.25) is 0 Å². The quantitative estimate of drug-likeness (QED) is 0.633. The zero-order valence-corrected chi connectivity index (χ0v) is 8.26. The number of rotatable bonds is 2. The normalized spacial score (nSPS) is 26.2. The molecule has 0 aliphatic carbocycles. The van der Waals surface area contributed by atoms with E-state index in [1.807, 2.05) is 27.7 Å². The molecule has 1 rings (SSSR count). The topological polar surface area (TPSA) is 38.7 Å². The van der Waals surface area contributed by atoms with Crippen LogP contribution in [0.3, 0.4) is 0 Å². The molecule has 70 valence electrons. The largest absolute Gasteiger partial charge is 0.460 e. The van der Waals surface area contributed by atoms with Crippen molar-refractivity contribution < 1.29 is 14.4 Å². The molecule has 1 saturated heterocycles. The second-order valence-electron chi connectivity index (χ2n) is 4.20. The second-order valence-corrected chi connectivity index (χ2v) is 4.20. The lowest BCUT2D eigenvalue weighted by molar-refractivity contribution is 0.00578. The Bertz CT molecular complexity index is 152. The highest BCUT2D eigenvalue weighted by Crippen LogP contribution is 2.37. The highest BCUT2D eigenvalue weighted by Gasteiger charge is 2.50. The van der Waals surface area contributed by atoms with Crippen molar-refractivity contribution in [2.45, 2.75) is 45.2 Å². The van der Waals surface area contributed by atoms with E-state index in [2.05, 4.69) is 0 Å². The number of aliphatic hydroxyl groups is 1. The molecule has 0 saturated carbocycles. The van der Waals surface area contributed by atoms with Crippen LogP contribution in [0.2, 0.25) is 6.32 Å². The Morgan fingerprint density at radius 1 is 1.08 bits per heavy atom. The lowest BCUT2D eigenvalue weighted by Gasteiger charge is -2.32. The molecule has 1 heterocycles. The van der Waals surface area contributed by atoms with Crippen LogP contribution in [0.5, 0.6) is 0 Å². The lowest BCUT2D eigenvalue weighted by atomic mass is 9.86. The SMILES string of the molecule is CC1(C)OB(CCO)OC1(C)C. The zero-order chi connectivity index (χ0) is 9.41. The monoisotopic (exact) mass is 172 g/mol. The fourth-order valence-corrected chi connectivity index (χ4v) is 1.19. The average molecular weight is 172 g/mol. The molecule has 0 amide bonds. The van der Waals surface area contributed by atoms with Crippen LogP contribution in [0.15, 0.2) is 0 Å². The van der Waals surface area contributed by atoms with Crippen LogP contribution in [0.25, 0.3) is 0 Å². The van der Waals surface area contributed by atoms with Gasteiger partial charge in [-0.15, -0.1) is 0 Å². The molecule has 0 aromatic heterocycles. The van der Waals surface area contributed by atoms with Gasteiger partial charge in [0, 0.05) is 12.9 Å². The minimum Gasteiger partial charge on any atom is -0.403 e. The average Bonchev–Trinajstić information content (AvgIpc) is 2.02. The van der Waals surface area contributed by atoms with Gasteiger partial charge in [0.05, 0.1) is 11.2 Å². The summed E-state index contributed by atoms with van der Waals surface area (Å²) in [5.41, 5.74) is -0.542. The molecule has 0 atom stereocenters. The van der Waals surface area contributed by atoms with Crippen LogP contribution >= 0.6 is 0 Å². The van der Waals surface area contributed by atoms with E-state index in [4.69, 9.17) is 14.4 Å². The van der Waals surface area contributed by atoms with E-state index in [1.54, 1.807) is 0 Å². The summed E-state index contributed by atoms with van der Waals surface area (Å²) in [6, 6.07) is 0. The Morgan fingerprint density at radius 2 is 1.50 bits per heavy atom. The summed E-state index contributed by atoms with van der Waals surface area (Å²) < 4.78 is 11.2. The molecular weight excluding hydrogens is 155 g/mol. The Morgan fingerprint density at radius 3 is 1.83 bits per heavy atom. The van der Waals surface area contributed by atoms with E-state index >= 15 is 0 Å². The summed E-state index contributed by atoms with van der Waals surface area (Å²) in [6.45, 7) is 8.13. The van der Waals surface area contributed by atoms with E-state index in [-0.39, 0.29) is 24.9 Å². The van der Waals surface area contributed by atoms with Gasteiger partial charge < -0.3 is 14.4 Å². The van der Waals surface area contributed by atoms with Crippen LogP contribution in [-0.4, -0.2) is 30.0 Å². The van der Waals surface area contributed by atoms with Gasteiger partial charge in [0.1, 0.15) is 0 Å². The summed E-state index contributed by atoms with van der Waals surface area (Å²) >= 11 is 0. The summed E-state index contributed by atoms with van der Waals surface area (Å²) in [7, 11) is -0.250. The third-order valence-electron chi connectivity index (χ3n) is 2.67. The van der Waals surface area contributed by atoms with Gasteiger partial charge in [-0.25, -0.2) is 0 Å². The minimum absolute atomic E-state index is 0.108. The standard InChI is InChI=1S/C8H17BO3/c1-7(2)8(3,4)12-9(11-7)5-6-10/h10H,5-6H2,1-4H3. The molecule has 12 heavy (non-hydrogen) atoms. The molecule has 0 bridgehead atoms. The highest BCUT2D eigenvalue weighted by atomic mass is 16.7. The van der Waals surface area contributed by atoms with Crippen molar-refractivity contribution in [2.24, 2.45) is 0 Å². The molecule has 0 aromatic carbocycles. The number of aliphatic hydroxyl groups excluding tert-OH is 1. The van der Waals surface area contributed by atoms with Crippen LogP contribution < -0.4 is 0 Å². The fraction of sp³-hybridized carbons (Fsp3) is 1.00. The number of hydrogen-bond donors (Lipinski definition) is 1. The van der Waals surface area contributed by atoms with Crippen molar-refractivity contribution in [3.63, 3.8) is 0 Å². The first-order valence-corrected chi connectivity index (χ1v) is 4.35. The van der Waals surface area contributed by atoms with Crippen molar-refractivity contribution in [2.75, 3.05) is 6.61 Å². The third kappa shape index (κ3) is 1.65. The van der Waals surface area contributed by atoms with E-state index < -0.39 is 0 Å². The second kappa shape index (κ2) is 3.02. The van der Waals surface area contributed by atoms with E-state index in [9.17, 15) is 0 Å². The Kier molecular flexibility index (Phi) is 2.52. The first-order valence-electron chi connectivity index (χ1n) is 4.35. The number of hydrogen-bond acceptors (Lipinski definition) is 3. The highest BCUT2D eigenvalue weighted by molar-refractivity contribution is 6.45. The van der Waals surface area contributed by atoms with Crippen molar-refractivity contribution in [1.29, 1.82) is 0 Å². The van der Waals surface area contributed by atoms with Crippen molar-refractivity contribution in [1.82, 2.24) is 0 Å². The van der Waals surface area contributed by atoms with E-state index in [0.29, 0.717) is 6.32 Å². The summed E-state index contributed by atoms with van der Waals surface area (Å²) in [6.07, 6.45) is 0.548. The fourth-order valence-electron chi connectivity index (χ4n) is 1.19. The van der Waals surface area contributed by atoms with Crippen LogP contribution in [0.1, 0.15) is 27.7 Å². The molecule has 1 fully saturated rings. The first kappa shape index (κ1) is 10.0. The van der Waals surface area contributed by atoms with Crippen LogP contribution in [0, 0.1) is 0 Å². The molecule has 4 heteroatoms. The van der Waals surface area contributed by atoms with Crippen LogP contribution in [-0.2, 0) is 9.31 Å². The van der Waals surface area contributed by atoms with Gasteiger partial charge in [-0.2, -0.15) is 0 Å². The molecule has 0 aromatic rings. The third-order valence-corrected chi connectivity index (χ3v) is 2.67. The van der Waals surface area contributed by atoms with Gasteiger partial charge in [-0.1, -0.05) is 0 Å². The molecule has 0 radical (unpaired) electrons. The first-order chi connectivity index (χ1) is 5.39. The summed E-state index contributed by atoms with van der Waals surface area (Å²) in [5.74, 6) is 0. The Hall–Kier alpha value is -0.0551. The Balaban J connectivity index is 2.61. The van der Waals surface area contributed by atoms with Crippen molar-refractivity contribution >= 4 is 7.12 Å². The molecule has 3 nitrogen and oxygen atoms in total. The summed E-state index contributed by atoms with van der Waals surface area (Å²) in [5, 5.41) is 8.71. The predicted octanol–water partition coefficient (Wildman–Crippen LogP) is 1.07. The zero-order valence-electron chi connectivity index (χ0n) is 8.26. The van der Waals surface area contributed by atoms with Crippen LogP contribution in [0.4, 0.5) is 0 Å². The van der Waals surface area contributed by atoms with Gasteiger partial charge in [0.25, 0.3) is 0 Å². The van der Waals surface area contributed by atoms with Crippen molar-refractivity contribution in [3.05, 3.63) is 0 Å². The van der Waals surface area contributed by atoms with Gasteiger partial charge >= 0.3 is 7.12 Å². The molecule has 0 unspecified atom stereocenters. The van der Waals surface area contributed by atoms with Gasteiger partial charge in [-0.05, 0) is 27.7 Å². The molecule has 1 aliphatic heterocycles. The van der Waals surface area contributed by atoms with Gasteiger partial charge in [0.15, 0.2) is 0 Å². The molecular formula is C8H17BO3. The maximum Gasteiger partial charge on any atom is 0.460 e. The lowest BCUT2D eigenvalue weighted by Crippen LogP contribution is -2.41. The smallest absolute Gasteiger partial charge is 0.403 e. The maximum absolute atomic E-state index is 8.71. The maximum atomic E-state index is 8.71. The summed E-state index contributed by atoms with van der Waals surface area (Å²) in [4.78, 5) is 0. The molecule has 1 aliphatic rings. The molecule has 1 N–H and O–H groups in total. The predicted molar refractivity (Wildman–Crippen MR) is 48.0 cm³/mol. The van der Waals surface area contributed by atoms with Crippen molar-refractivity contribution in [3.8, 4) is 0 Å². The minimum atomic E-state index is -0.271.